The number of aromatic nitrogens is 1. The van der Waals surface area contributed by atoms with E-state index in [1.54, 1.807) is 6.20 Å². The summed E-state index contributed by atoms with van der Waals surface area (Å²) in [6.45, 7) is 4.39. The first-order chi connectivity index (χ1) is 10.3. The first kappa shape index (κ1) is 19.6. The minimum Gasteiger partial charge on any atom is -0.357 e. The molecule has 0 bridgehead atoms. The first-order valence-electron chi connectivity index (χ1n) is 6.94. The lowest BCUT2D eigenvalue weighted by molar-refractivity contribution is 0.801. The predicted octanol–water partition coefficient (Wildman–Crippen LogP) is 3.66. The van der Waals surface area contributed by atoms with E-state index in [0.29, 0.717) is 6.54 Å². The van der Waals surface area contributed by atoms with Crippen molar-refractivity contribution in [3.8, 4) is 0 Å². The molecular formula is C15H20I2N4S. The average Bonchev–Trinajstić information content (AvgIpc) is 2.91. The van der Waals surface area contributed by atoms with Gasteiger partial charge in [0.2, 0.25) is 0 Å². The molecule has 2 N–H and O–H groups in total. The zero-order valence-corrected chi connectivity index (χ0v) is 17.7. The Morgan fingerprint density at radius 2 is 2.14 bits per heavy atom. The van der Waals surface area contributed by atoms with E-state index in [1.807, 2.05) is 29.5 Å². The van der Waals surface area contributed by atoms with E-state index in [9.17, 15) is 0 Å². The van der Waals surface area contributed by atoms with E-state index >= 15 is 0 Å². The van der Waals surface area contributed by atoms with Gasteiger partial charge in [-0.25, -0.2) is 4.99 Å². The molecule has 0 aliphatic carbocycles. The fourth-order valence-corrected chi connectivity index (χ4v) is 3.54. The minimum atomic E-state index is 0. The fourth-order valence-electron chi connectivity index (χ4n) is 1.78. The second-order valence-corrected chi connectivity index (χ2v) is 7.46. The van der Waals surface area contributed by atoms with Crippen molar-refractivity contribution in [2.24, 2.45) is 4.99 Å². The molecule has 0 saturated carbocycles. The van der Waals surface area contributed by atoms with E-state index < -0.39 is 0 Å². The van der Waals surface area contributed by atoms with Crippen LogP contribution in [0.15, 0.2) is 41.5 Å². The topological polar surface area (TPSA) is 49.3 Å². The summed E-state index contributed by atoms with van der Waals surface area (Å²) in [6, 6.07) is 10.2. The molecule has 0 unspecified atom stereocenters. The minimum absolute atomic E-state index is 0. The number of halogens is 2. The van der Waals surface area contributed by atoms with Crippen molar-refractivity contribution in [2.75, 3.05) is 13.1 Å². The first-order valence-corrected chi connectivity index (χ1v) is 8.83. The van der Waals surface area contributed by atoms with Crippen LogP contribution in [0.4, 0.5) is 0 Å². The summed E-state index contributed by atoms with van der Waals surface area (Å²) in [7, 11) is 0. The summed E-state index contributed by atoms with van der Waals surface area (Å²) in [4.78, 5) is 10.2. The van der Waals surface area contributed by atoms with Gasteiger partial charge in [0.25, 0.3) is 0 Å². The van der Waals surface area contributed by atoms with Crippen LogP contribution in [0.25, 0.3) is 0 Å². The summed E-state index contributed by atoms with van der Waals surface area (Å²) in [6.07, 6.45) is 2.81. The SMILES string of the molecule is CCNC(=NCc1ccccn1)NCCc1ccc(I)s1.I. The molecule has 2 aromatic rings. The van der Waals surface area contributed by atoms with Gasteiger partial charge in [-0.15, -0.1) is 35.3 Å². The van der Waals surface area contributed by atoms with Crippen LogP contribution in [-0.4, -0.2) is 24.0 Å². The lowest BCUT2D eigenvalue weighted by Gasteiger charge is -2.10. The Kier molecular flexibility index (Phi) is 9.96. The summed E-state index contributed by atoms with van der Waals surface area (Å²) >= 11 is 4.19. The largest absolute Gasteiger partial charge is 0.357 e. The molecule has 2 aromatic heterocycles. The molecule has 2 rings (SSSR count). The van der Waals surface area contributed by atoms with E-state index in [1.165, 1.54) is 7.76 Å². The lowest BCUT2D eigenvalue weighted by atomic mass is 10.3. The van der Waals surface area contributed by atoms with Crippen LogP contribution < -0.4 is 10.6 Å². The second-order valence-electron chi connectivity index (χ2n) is 4.40. The molecule has 2 heterocycles. The highest BCUT2D eigenvalue weighted by Gasteiger charge is 2.00. The Labute approximate surface area is 166 Å². The number of hydrogen-bond donors (Lipinski definition) is 2. The number of thiophene rings is 1. The normalized spacial score (nSPS) is 10.9. The maximum absolute atomic E-state index is 4.55. The second kappa shape index (κ2) is 11.2. The number of guanidine groups is 1. The molecule has 7 heteroatoms. The van der Waals surface area contributed by atoms with Gasteiger partial charge >= 0.3 is 0 Å². The third-order valence-electron chi connectivity index (χ3n) is 2.76. The highest BCUT2D eigenvalue weighted by Crippen LogP contribution is 2.18. The van der Waals surface area contributed by atoms with E-state index in [0.717, 1.165) is 31.2 Å². The fraction of sp³-hybridized carbons (Fsp3) is 0.333. The average molecular weight is 542 g/mol. The highest BCUT2D eigenvalue weighted by molar-refractivity contribution is 14.1. The Balaban J connectivity index is 0.00000242. The Morgan fingerprint density at radius 3 is 2.77 bits per heavy atom. The molecule has 0 fully saturated rings. The van der Waals surface area contributed by atoms with Crippen LogP contribution in [-0.2, 0) is 13.0 Å². The molecule has 120 valence electrons. The molecule has 4 nitrogen and oxygen atoms in total. The van der Waals surface area contributed by atoms with Gasteiger partial charge in [-0.3, -0.25) is 4.98 Å². The molecular weight excluding hydrogens is 522 g/mol. The predicted molar refractivity (Wildman–Crippen MR) is 113 cm³/mol. The maximum Gasteiger partial charge on any atom is 0.191 e. The Hall–Kier alpha value is -0.420. The van der Waals surface area contributed by atoms with Crippen LogP contribution >= 0.6 is 57.9 Å². The standard InChI is InChI=1S/C15H19IN4S.HI/c1-2-17-15(20-11-12-5-3-4-9-18-12)19-10-8-13-6-7-14(16)21-13;/h3-7,9H,2,8,10-11H2,1H3,(H2,17,19,20);1H. The summed E-state index contributed by atoms with van der Waals surface area (Å²) in [5.74, 6) is 0.842. The molecule has 0 aliphatic rings. The Bertz CT molecular complexity index is 572. The van der Waals surface area contributed by atoms with Gasteiger partial charge in [-0.1, -0.05) is 6.07 Å². The van der Waals surface area contributed by atoms with Crippen molar-refractivity contribution in [1.82, 2.24) is 15.6 Å². The number of hydrogen-bond acceptors (Lipinski definition) is 3. The van der Waals surface area contributed by atoms with E-state index in [2.05, 4.69) is 62.3 Å². The molecule has 0 aliphatic heterocycles. The Morgan fingerprint density at radius 1 is 1.27 bits per heavy atom. The quantitative estimate of drug-likeness (QED) is 0.333. The molecule has 0 aromatic carbocycles. The number of nitrogens with zero attached hydrogens (tertiary/aromatic N) is 2. The van der Waals surface area contributed by atoms with E-state index in [-0.39, 0.29) is 24.0 Å². The van der Waals surface area contributed by atoms with Crippen LogP contribution in [0.5, 0.6) is 0 Å². The van der Waals surface area contributed by atoms with Gasteiger partial charge < -0.3 is 10.6 Å². The molecule has 0 radical (unpaired) electrons. The third-order valence-corrected chi connectivity index (χ3v) is 4.72. The van der Waals surface area contributed by atoms with Gasteiger partial charge in [-0.2, -0.15) is 0 Å². The van der Waals surface area contributed by atoms with Crippen molar-refractivity contribution >= 4 is 63.9 Å². The molecule has 0 amide bonds. The highest BCUT2D eigenvalue weighted by atomic mass is 127. The van der Waals surface area contributed by atoms with Gasteiger partial charge in [0, 0.05) is 24.2 Å². The van der Waals surface area contributed by atoms with Gasteiger partial charge in [0.15, 0.2) is 5.96 Å². The van der Waals surface area contributed by atoms with E-state index in [4.69, 9.17) is 0 Å². The van der Waals surface area contributed by atoms with Crippen molar-refractivity contribution < 1.29 is 0 Å². The van der Waals surface area contributed by atoms with Crippen LogP contribution in [0.3, 0.4) is 0 Å². The van der Waals surface area contributed by atoms with Crippen molar-refractivity contribution in [1.29, 1.82) is 0 Å². The maximum atomic E-state index is 4.55. The summed E-state index contributed by atoms with van der Waals surface area (Å²) in [5.41, 5.74) is 0.975. The lowest BCUT2D eigenvalue weighted by Crippen LogP contribution is -2.38. The van der Waals surface area contributed by atoms with Crippen molar-refractivity contribution in [2.45, 2.75) is 19.9 Å². The zero-order valence-electron chi connectivity index (χ0n) is 12.4. The number of pyridine rings is 1. The smallest absolute Gasteiger partial charge is 0.191 e. The number of aliphatic imine (C=N–C) groups is 1. The van der Waals surface area contributed by atoms with Crippen LogP contribution in [0, 0.1) is 2.88 Å². The summed E-state index contributed by atoms with van der Waals surface area (Å²) < 4.78 is 1.33. The van der Waals surface area contributed by atoms with Crippen molar-refractivity contribution in [3.63, 3.8) is 0 Å². The summed E-state index contributed by atoms with van der Waals surface area (Å²) in [5, 5.41) is 6.62. The molecule has 0 spiro atoms. The van der Waals surface area contributed by atoms with Gasteiger partial charge in [0.1, 0.15) is 0 Å². The zero-order chi connectivity index (χ0) is 14.9. The third kappa shape index (κ3) is 7.23. The molecule has 22 heavy (non-hydrogen) atoms. The molecule has 0 atom stereocenters. The van der Waals surface area contributed by atoms with Crippen LogP contribution in [0.2, 0.25) is 0 Å². The van der Waals surface area contributed by atoms with Gasteiger partial charge in [-0.05, 0) is 60.2 Å². The number of rotatable bonds is 6. The monoisotopic (exact) mass is 542 g/mol. The number of nitrogens with one attached hydrogen (secondary N) is 2. The van der Waals surface area contributed by atoms with Gasteiger partial charge in [0.05, 0.1) is 15.1 Å². The molecule has 0 saturated heterocycles. The van der Waals surface area contributed by atoms with Crippen LogP contribution in [0.1, 0.15) is 17.5 Å². The van der Waals surface area contributed by atoms with Crippen molar-refractivity contribution in [3.05, 3.63) is 50.0 Å².